The van der Waals surface area contributed by atoms with Gasteiger partial charge in [-0.3, -0.25) is 4.79 Å². The average molecular weight is 256 g/mol. The Morgan fingerprint density at radius 1 is 1.39 bits per heavy atom. The van der Waals surface area contributed by atoms with E-state index in [1.165, 1.54) is 0 Å². The van der Waals surface area contributed by atoms with E-state index in [0.29, 0.717) is 13.0 Å². The molecule has 0 bridgehead atoms. The van der Waals surface area contributed by atoms with Gasteiger partial charge in [0.1, 0.15) is 0 Å². The van der Waals surface area contributed by atoms with Crippen molar-refractivity contribution in [2.24, 2.45) is 5.92 Å². The lowest BCUT2D eigenvalue weighted by Crippen LogP contribution is -2.45. The molecule has 0 aromatic heterocycles. The smallest absolute Gasteiger partial charge is 0.320 e. The maximum absolute atomic E-state index is 12.2. The van der Waals surface area contributed by atoms with E-state index >= 15 is 0 Å². The number of carboxylic acid groups (broad SMARTS) is 1. The molecule has 1 saturated heterocycles. The van der Waals surface area contributed by atoms with Crippen molar-refractivity contribution in [2.75, 3.05) is 20.1 Å². The number of carboxylic acids is 1. The Morgan fingerprint density at radius 3 is 2.56 bits per heavy atom. The third kappa shape index (κ3) is 3.37. The van der Waals surface area contributed by atoms with E-state index in [4.69, 9.17) is 5.11 Å². The van der Waals surface area contributed by atoms with Crippen molar-refractivity contribution in [2.45, 2.75) is 45.6 Å². The third-order valence-electron chi connectivity index (χ3n) is 3.74. The highest BCUT2D eigenvalue weighted by Gasteiger charge is 2.38. The van der Waals surface area contributed by atoms with E-state index in [-0.39, 0.29) is 12.1 Å². The molecule has 2 atom stereocenters. The van der Waals surface area contributed by atoms with Crippen molar-refractivity contribution in [1.82, 2.24) is 9.80 Å². The third-order valence-corrected chi connectivity index (χ3v) is 3.74. The molecule has 0 radical (unpaired) electrons. The number of unbranched alkanes of at least 4 members (excludes halogenated alkanes) is 2. The molecule has 18 heavy (non-hydrogen) atoms. The number of nitrogens with zero attached hydrogens (tertiary/aromatic N) is 2. The SMILES string of the molecule is CCCCCN(C)C(=O)N1CCC(C(=O)O)C1C. The number of hydrogen-bond acceptors (Lipinski definition) is 2. The average Bonchev–Trinajstić information content (AvgIpc) is 2.70. The number of hydrogen-bond donors (Lipinski definition) is 1. The maximum atomic E-state index is 12.2. The molecule has 2 amide bonds. The Morgan fingerprint density at radius 2 is 2.06 bits per heavy atom. The van der Waals surface area contributed by atoms with Crippen molar-refractivity contribution >= 4 is 12.0 Å². The van der Waals surface area contributed by atoms with Crippen molar-refractivity contribution in [1.29, 1.82) is 0 Å². The Labute approximate surface area is 109 Å². The van der Waals surface area contributed by atoms with Gasteiger partial charge in [-0.15, -0.1) is 0 Å². The molecule has 1 N–H and O–H groups in total. The second-order valence-electron chi connectivity index (χ2n) is 5.08. The van der Waals surface area contributed by atoms with E-state index in [9.17, 15) is 9.59 Å². The van der Waals surface area contributed by atoms with Crippen LogP contribution in [0.25, 0.3) is 0 Å². The minimum Gasteiger partial charge on any atom is -0.481 e. The van der Waals surface area contributed by atoms with Crippen molar-refractivity contribution in [3.8, 4) is 0 Å². The molecule has 0 saturated carbocycles. The molecular weight excluding hydrogens is 232 g/mol. The van der Waals surface area contributed by atoms with Crippen LogP contribution in [0.3, 0.4) is 0 Å². The molecule has 1 aliphatic heterocycles. The fourth-order valence-corrected chi connectivity index (χ4v) is 2.45. The largest absolute Gasteiger partial charge is 0.481 e. The highest BCUT2D eigenvalue weighted by Crippen LogP contribution is 2.25. The second kappa shape index (κ2) is 6.61. The van der Waals surface area contributed by atoms with Crippen LogP contribution in [0.2, 0.25) is 0 Å². The number of urea groups is 1. The number of carbonyl (C=O) groups is 2. The van der Waals surface area contributed by atoms with E-state index in [1.54, 1.807) is 16.8 Å². The first-order valence-corrected chi connectivity index (χ1v) is 6.73. The fourth-order valence-electron chi connectivity index (χ4n) is 2.45. The lowest BCUT2D eigenvalue weighted by Gasteiger charge is -2.28. The zero-order valence-corrected chi connectivity index (χ0v) is 11.6. The summed E-state index contributed by atoms with van der Waals surface area (Å²) in [7, 11) is 1.79. The van der Waals surface area contributed by atoms with Gasteiger partial charge in [0.25, 0.3) is 0 Å². The molecule has 5 heteroatoms. The van der Waals surface area contributed by atoms with Crippen molar-refractivity contribution < 1.29 is 14.7 Å². The minimum absolute atomic E-state index is 0.0395. The number of carbonyl (C=O) groups excluding carboxylic acids is 1. The molecule has 0 aromatic rings. The number of rotatable bonds is 5. The van der Waals surface area contributed by atoms with Gasteiger partial charge in [-0.2, -0.15) is 0 Å². The molecule has 1 fully saturated rings. The van der Waals surface area contributed by atoms with Crippen LogP contribution in [0.1, 0.15) is 39.5 Å². The topological polar surface area (TPSA) is 60.9 Å². The summed E-state index contributed by atoms with van der Waals surface area (Å²) in [6.07, 6.45) is 3.81. The van der Waals surface area contributed by atoms with Crippen LogP contribution in [0.5, 0.6) is 0 Å². The monoisotopic (exact) mass is 256 g/mol. The van der Waals surface area contributed by atoms with Gasteiger partial charge in [0.15, 0.2) is 0 Å². The Kier molecular flexibility index (Phi) is 5.44. The van der Waals surface area contributed by atoms with Crippen LogP contribution in [0.4, 0.5) is 4.79 Å². The Hall–Kier alpha value is -1.26. The number of likely N-dealkylation sites (tertiary alicyclic amines) is 1. The van der Waals surface area contributed by atoms with Crippen LogP contribution in [0.15, 0.2) is 0 Å². The van der Waals surface area contributed by atoms with Crippen LogP contribution in [-0.4, -0.2) is 53.1 Å². The zero-order chi connectivity index (χ0) is 13.7. The number of amides is 2. The number of aliphatic carboxylic acids is 1. The maximum Gasteiger partial charge on any atom is 0.320 e. The van der Waals surface area contributed by atoms with Crippen molar-refractivity contribution in [3.63, 3.8) is 0 Å². The Balaban J connectivity index is 2.49. The first kappa shape index (κ1) is 14.8. The van der Waals surface area contributed by atoms with E-state index in [0.717, 1.165) is 25.8 Å². The summed E-state index contributed by atoms with van der Waals surface area (Å²) >= 11 is 0. The van der Waals surface area contributed by atoms with Crippen molar-refractivity contribution in [3.05, 3.63) is 0 Å². The Bertz CT molecular complexity index is 307. The molecule has 1 rings (SSSR count). The highest BCUT2D eigenvalue weighted by atomic mass is 16.4. The molecule has 0 aromatic carbocycles. The first-order chi connectivity index (χ1) is 8.49. The molecule has 1 heterocycles. The normalized spacial score (nSPS) is 23.2. The molecule has 1 aliphatic rings. The van der Waals surface area contributed by atoms with Crippen LogP contribution < -0.4 is 0 Å². The molecule has 0 spiro atoms. The molecule has 5 nitrogen and oxygen atoms in total. The quantitative estimate of drug-likeness (QED) is 0.766. The standard InChI is InChI=1S/C13H24N2O3/c1-4-5-6-8-14(3)13(18)15-9-7-11(10(15)2)12(16)17/h10-11H,4-9H2,1-3H3,(H,16,17). The predicted octanol–water partition coefficient (Wildman–Crippen LogP) is 2.02. The van der Waals surface area contributed by atoms with Crippen LogP contribution >= 0.6 is 0 Å². The summed E-state index contributed by atoms with van der Waals surface area (Å²) in [5.74, 6) is -1.22. The summed E-state index contributed by atoms with van der Waals surface area (Å²) in [6.45, 7) is 5.24. The zero-order valence-electron chi connectivity index (χ0n) is 11.6. The summed E-state index contributed by atoms with van der Waals surface area (Å²) in [6, 6.07) is -0.244. The van der Waals surface area contributed by atoms with Gasteiger partial charge in [-0.05, 0) is 19.8 Å². The lowest BCUT2D eigenvalue weighted by molar-refractivity contribution is -0.142. The van der Waals surface area contributed by atoms with E-state index in [2.05, 4.69) is 6.92 Å². The van der Waals surface area contributed by atoms with Gasteiger partial charge < -0.3 is 14.9 Å². The summed E-state index contributed by atoms with van der Waals surface area (Å²) in [5.41, 5.74) is 0. The molecule has 2 unspecified atom stereocenters. The second-order valence-corrected chi connectivity index (χ2v) is 5.08. The van der Waals surface area contributed by atoms with Crippen LogP contribution in [0, 0.1) is 5.92 Å². The van der Waals surface area contributed by atoms with Gasteiger partial charge in [-0.25, -0.2) is 4.79 Å². The lowest BCUT2D eigenvalue weighted by atomic mass is 10.0. The van der Waals surface area contributed by atoms with Gasteiger partial charge in [0, 0.05) is 26.2 Å². The van der Waals surface area contributed by atoms with E-state index < -0.39 is 11.9 Å². The highest BCUT2D eigenvalue weighted by molar-refractivity contribution is 5.78. The van der Waals surface area contributed by atoms with E-state index in [1.807, 2.05) is 6.92 Å². The fraction of sp³-hybridized carbons (Fsp3) is 0.846. The molecule has 104 valence electrons. The van der Waals surface area contributed by atoms with Crippen LogP contribution in [-0.2, 0) is 4.79 Å². The molecular formula is C13H24N2O3. The van der Waals surface area contributed by atoms with Gasteiger partial charge in [0.2, 0.25) is 0 Å². The first-order valence-electron chi connectivity index (χ1n) is 6.73. The van der Waals surface area contributed by atoms with Gasteiger partial charge >= 0.3 is 12.0 Å². The summed E-state index contributed by atoms with van der Waals surface area (Å²) in [4.78, 5) is 26.6. The summed E-state index contributed by atoms with van der Waals surface area (Å²) in [5, 5.41) is 9.04. The van der Waals surface area contributed by atoms with Gasteiger partial charge in [0.05, 0.1) is 5.92 Å². The minimum atomic E-state index is -0.800. The molecule has 0 aliphatic carbocycles. The predicted molar refractivity (Wildman–Crippen MR) is 69.5 cm³/mol. The van der Waals surface area contributed by atoms with Gasteiger partial charge in [-0.1, -0.05) is 19.8 Å². The summed E-state index contributed by atoms with van der Waals surface area (Å²) < 4.78 is 0.